The molecule has 4 nitrogen and oxygen atoms in total. The zero-order valence-electron chi connectivity index (χ0n) is 10.5. The molecule has 2 rings (SSSR count). The van der Waals surface area contributed by atoms with Gasteiger partial charge in [0.05, 0.1) is 11.3 Å². The van der Waals surface area contributed by atoms with Crippen molar-refractivity contribution in [1.29, 1.82) is 0 Å². The molecule has 0 heterocycles. The number of oxime groups is 1. The van der Waals surface area contributed by atoms with Crippen LogP contribution in [0.1, 0.15) is 43.0 Å². The molecule has 1 aromatic carbocycles. The van der Waals surface area contributed by atoms with E-state index < -0.39 is 5.97 Å². The van der Waals surface area contributed by atoms with Crippen LogP contribution in [-0.2, 0) is 0 Å². The van der Waals surface area contributed by atoms with Crippen molar-refractivity contribution in [2.45, 2.75) is 32.6 Å². The number of nitrogens with zero attached hydrogens (tertiary/aromatic N) is 1. The number of hydrogen-bond acceptors (Lipinski definition) is 3. The van der Waals surface area contributed by atoms with Crippen LogP contribution in [0.25, 0.3) is 0 Å². The zero-order chi connectivity index (χ0) is 13.4. The monoisotopic (exact) mass is 249 g/mol. The van der Waals surface area contributed by atoms with Gasteiger partial charge in [-0.2, -0.15) is 0 Å². The number of carbonyl (C=O) groups is 1. The van der Waals surface area contributed by atoms with E-state index in [4.69, 9.17) is 10.3 Å². The average Bonchev–Trinajstić information content (AvgIpc) is 2.41. The molecule has 1 saturated carbocycles. The first-order chi connectivity index (χ1) is 8.65. The smallest absolute Gasteiger partial charge is 0.335 e. The summed E-state index contributed by atoms with van der Waals surface area (Å²) in [5.74, 6) is -0.362. The van der Waals surface area contributed by atoms with Gasteiger partial charge in [0.1, 0.15) is 0 Å². The molecule has 1 fully saturated rings. The fourth-order valence-electron chi connectivity index (χ4n) is 1.90. The molecule has 0 amide bonds. The molecule has 0 saturated heterocycles. The summed E-state index contributed by atoms with van der Waals surface area (Å²) in [7, 11) is 0. The number of rotatable bonds is 1. The Balaban J connectivity index is 0.000000180. The first-order valence-electron chi connectivity index (χ1n) is 6.14. The molecular weight excluding hydrogens is 230 g/mol. The Labute approximate surface area is 107 Å². The number of benzene rings is 1. The Bertz CT molecular complexity index is 401. The van der Waals surface area contributed by atoms with E-state index in [1.807, 2.05) is 0 Å². The van der Waals surface area contributed by atoms with Crippen LogP contribution in [-0.4, -0.2) is 22.0 Å². The van der Waals surface area contributed by atoms with E-state index in [0.29, 0.717) is 11.5 Å². The highest BCUT2D eigenvalue weighted by molar-refractivity contribution is 5.87. The Morgan fingerprint density at radius 1 is 1.28 bits per heavy atom. The van der Waals surface area contributed by atoms with Gasteiger partial charge in [-0.25, -0.2) is 4.79 Å². The minimum absolute atomic E-state index is 0.331. The van der Waals surface area contributed by atoms with Gasteiger partial charge in [0.2, 0.25) is 0 Å². The molecule has 0 spiro atoms. The third-order valence-corrected chi connectivity index (χ3v) is 3.04. The Hall–Kier alpha value is -1.84. The lowest BCUT2D eigenvalue weighted by Crippen LogP contribution is -2.15. The number of hydrogen-bond donors (Lipinski definition) is 2. The summed E-state index contributed by atoms with van der Waals surface area (Å²) in [4.78, 5) is 10.2. The maximum Gasteiger partial charge on any atom is 0.335 e. The summed E-state index contributed by atoms with van der Waals surface area (Å²) in [5, 5.41) is 20.1. The van der Waals surface area contributed by atoms with Gasteiger partial charge in [-0.05, 0) is 37.3 Å². The van der Waals surface area contributed by atoms with Crippen LogP contribution in [0.15, 0.2) is 35.5 Å². The first-order valence-corrected chi connectivity index (χ1v) is 6.14. The van der Waals surface area contributed by atoms with E-state index in [9.17, 15) is 4.79 Å². The van der Waals surface area contributed by atoms with Crippen molar-refractivity contribution < 1.29 is 15.1 Å². The molecule has 1 atom stereocenters. The number of carboxylic acid groups (broad SMARTS) is 1. The molecule has 2 N–H and O–H groups in total. The van der Waals surface area contributed by atoms with Crippen molar-refractivity contribution in [1.82, 2.24) is 0 Å². The molecule has 4 heteroatoms. The highest BCUT2D eigenvalue weighted by Crippen LogP contribution is 2.20. The third kappa shape index (κ3) is 4.57. The van der Waals surface area contributed by atoms with Gasteiger partial charge in [0, 0.05) is 0 Å². The standard InChI is InChI=1S/C7H13NO.C7H6O2/c1-6-4-2-3-5-7(6)8-9;8-7(9)6-4-2-1-3-5-6/h6,9H,2-5H2,1H3;1-5H,(H,8,9). The molecule has 98 valence electrons. The van der Waals surface area contributed by atoms with E-state index >= 15 is 0 Å². The van der Waals surface area contributed by atoms with Crippen LogP contribution in [0.4, 0.5) is 0 Å². The van der Waals surface area contributed by atoms with E-state index in [0.717, 1.165) is 12.1 Å². The molecule has 1 aliphatic rings. The van der Waals surface area contributed by atoms with E-state index in [1.54, 1.807) is 30.3 Å². The molecule has 1 unspecified atom stereocenters. The van der Waals surface area contributed by atoms with Crippen LogP contribution in [0.2, 0.25) is 0 Å². The highest BCUT2D eigenvalue weighted by Gasteiger charge is 2.15. The molecule has 1 aromatic rings. The summed E-state index contributed by atoms with van der Waals surface area (Å²) in [6.45, 7) is 2.12. The minimum Gasteiger partial charge on any atom is -0.478 e. The van der Waals surface area contributed by atoms with Crippen LogP contribution in [0, 0.1) is 5.92 Å². The maximum absolute atomic E-state index is 10.2. The second kappa shape index (κ2) is 7.48. The first kappa shape index (κ1) is 14.2. The second-order valence-electron chi connectivity index (χ2n) is 4.41. The number of aromatic carboxylic acids is 1. The molecular formula is C14H19NO3. The van der Waals surface area contributed by atoms with Crippen LogP contribution in [0.5, 0.6) is 0 Å². The van der Waals surface area contributed by atoms with Crippen molar-refractivity contribution in [2.24, 2.45) is 11.1 Å². The lowest BCUT2D eigenvalue weighted by atomic mass is 9.89. The SMILES string of the molecule is CC1CCCCC1=NO.O=C(O)c1ccccc1. The topological polar surface area (TPSA) is 69.9 Å². The van der Waals surface area contributed by atoms with Crippen LogP contribution >= 0.6 is 0 Å². The lowest BCUT2D eigenvalue weighted by Gasteiger charge is -2.17. The van der Waals surface area contributed by atoms with Crippen molar-refractivity contribution >= 4 is 11.7 Å². The van der Waals surface area contributed by atoms with Gasteiger partial charge in [-0.15, -0.1) is 0 Å². The van der Waals surface area contributed by atoms with Gasteiger partial charge >= 0.3 is 5.97 Å². The molecule has 18 heavy (non-hydrogen) atoms. The van der Waals surface area contributed by atoms with E-state index in [2.05, 4.69) is 12.1 Å². The second-order valence-corrected chi connectivity index (χ2v) is 4.41. The predicted molar refractivity (Wildman–Crippen MR) is 70.3 cm³/mol. The zero-order valence-corrected chi connectivity index (χ0v) is 10.5. The third-order valence-electron chi connectivity index (χ3n) is 3.04. The van der Waals surface area contributed by atoms with Gasteiger partial charge in [-0.3, -0.25) is 0 Å². The maximum atomic E-state index is 10.2. The van der Waals surface area contributed by atoms with Gasteiger partial charge in [0.15, 0.2) is 0 Å². The summed E-state index contributed by atoms with van der Waals surface area (Å²) < 4.78 is 0. The Morgan fingerprint density at radius 2 is 1.94 bits per heavy atom. The van der Waals surface area contributed by atoms with Crippen LogP contribution < -0.4 is 0 Å². The van der Waals surface area contributed by atoms with Crippen molar-refractivity contribution in [3.63, 3.8) is 0 Å². The van der Waals surface area contributed by atoms with Gasteiger partial charge < -0.3 is 10.3 Å². The molecule has 0 bridgehead atoms. The molecule has 1 aliphatic carbocycles. The fraction of sp³-hybridized carbons (Fsp3) is 0.429. The van der Waals surface area contributed by atoms with Gasteiger partial charge in [-0.1, -0.05) is 36.7 Å². The molecule has 0 radical (unpaired) electrons. The van der Waals surface area contributed by atoms with E-state index in [-0.39, 0.29) is 0 Å². The van der Waals surface area contributed by atoms with Crippen molar-refractivity contribution in [3.8, 4) is 0 Å². The fourth-order valence-corrected chi connectivity index (χ4v) is 1.90. The lowest BCUT2D eigenvalue weighted by molar-refractivity contribution is 0.0697. The number of carboxylic acids is 1. The van der Waals surface area contributed by atoms with Crippen molar-refractivity contribution in [2.75, 3.05) is 0 Å². The van der Waals surface area contributed by atoms with E-state index in [1.165, 1.54) is 19.3 Å². The largest absolute Gasteiger partial charge is 0.478 e. The quantitative estimate of drug-likeness (QED) is 0.592. The highest BCUT2D eigenvalue weighted by atomic mass is 16.4. The summed E-state index contributed by atoms with van der Waals surface area (Å²) in [6, 6.07) is 8.30. The average molecular weight is 249 g/mol. The Kier molecular flexibility index (Phi) is 5.91. The van der Waals surface area contributed by atoms with Crippen LogP contribution in [0.3, 0.4) is 0 Å². The minimum atomic E-state index is -0.879. The summed E-state index contributed by atoms with van der Waals surface area (Å²) in [6.07, 6.45) is 4.68. The molecule has 0 aromatic heterocycles. The molecule has 0 aliphatic heterocycles. The summed E-state index contributed by atoms with van der Waals surface area (Å²) >= 11 is 0. The van der Waals surface area contributed by atoms with Crippen molar-refractivity contribution in [3.05, 3.63) is 35.9 Å². The Morgan fingerprint density at radius 3 is 2.33 bits per heavy atom. The summed E-state index contributed by atoms with van der Waals surface area (Å²) in [5.41, 5.74) is 1.32. The van der Waals surface area contributed by atoms with Gasteiger partial charge in [0.25, 0.3) is 0 Å². The normalized spacial score (nSPS) is 20.9. The predicted octanol–water partition coefficient (Wildman–Crippen LogP) is 3.41.